The summed E-state index contributed by atoms with van der Waals surface area (Å²) in [4.78, 5) is 21.4. The third-order valence-electron chi connectivity index (χ3n) is 4.53. The lowest BCUT2D eigenvalue weighted by atomic mass is 10.0. The summed E-state index contributed by atoms with van der Waals surface area (Å²) >= 11 is 6.07. The highest BCUT2D eigenvalue weighted by atomic mass is 35.5. The molecule has 0 radical (unpaired) electrons. The van der Waals surface area contributed by atoms with Crippen molar-refractivity contribution >= 4 is 23.2 Å². The molecule has 0 spiro atoms. The first-order valence-corrected chi connectivity index (χ1v) is 8.90. The zero-order chi connectivity index (χ0) is 20.6. The first-order valence-electron chi connectivity index (χ1n) is 8.52. The lowest BCUT2D eigenvalue weighted by Gasteiger charge is -2.34. The van der Waals surface area contributed by atoms with Crippen molar-refractivity contribution in [1.29, 1.82) is 0 Å². The number of ether oxygens (including phenoxy) is 1. The van der Waals surface area contributed by atoms with Gasteiger partial charge >= 0.3 is 6.18 Å². The number of anilines is 1. The Bertz CT molecular complexity index is 1070. The van der Waals surface area contributed by atoms with Crippen molar-refractivity contribution in [2.45, 2.75) is 12.6 Å². The zero-order valence-corrected chi connectivity index (χ0v) is 15.5. The number of pyridine rings is 1. The maximum absolute atomic E-state index is 13.2. The molecule has 12 heteroatoms. The van der Waals surface area contributed by atoms with E-state index in [0.29, 0.717) is 30.8 Å². The predicted octanol–water partition coefficient (Wildman–Crippen LogP) is 2.34. The molecule has 0 aromatic carbocycles. The van der Waals surface area contributed by atoms with Gasteiger partial charge in [0.15, 0.2) is 5.75 Å². The van der Waals surface area contributed by atoms with Gasteiger partial charge in [0.2, 0.25) is 5.90 Å². The van der Waals surface area contributed by atoms with Crippen molar-refractivity contribution in [3.8, 4) is 5.75 Å². The number of aromatic nitrogens is 3. The van der Waals surface area contributed by atoms with E-state index in [1.165, 1.54) is 6.20 Å². The van der Waals surface area contributed by atoms with E-state index in [2.05, 4.69) is 25.5 Å². The third kappa shape index (κ3) is 3.77. The number of aliphatic imine (C=N–C) groups is 1. The van der Waals surface area contributed by atoms with Gasteiger partial charge in [-0.3, -0.25) is 9.78 Å². The molecule has 152 valence electrons. The molecule has 4 heterocycles. The smallest absolute Gasteiger partial charge is 0.420 e. The second-order valence-electron chi connectivity index (χ2n) is 6.30. The second-order valence-corrected chi connectivity index (χ2v) is 6.67. The Morgan fingerprint density at radius 3 is 2.90 bits per heavy atom. The number of aromatic amines is 1. The molecule has 2 aliphatic rings. The van der Waals surface area contributed by atoms with Crippen molar-refractivity contribution in [2.75, 3.05) is 24.7 Å². The largest absolute Gasteiger partial charge is 0.437 e. The van der Waals surface area contributed by atoms with Crippen molar-refractivity contribution < 1.29 is 17.9 Å². The van der Waals surface area contributed by atoms with E-state index in [4.69, 9.17) is 16.3 Å². The van der Waals surface area contributed by atoms with Crippen LogP contribution >= 0.6 is 11.6 Å². The van der Waals surface area contributed by atoms with Gasteiger partial charge in [-0.2, -0.15) is 18.3 Å². The average molecular weight is 427 g/mol. The van der Waals surface area contributed by atoms with Gasteiger partial charge in [0.1, 0.15) is 17.3 Å². The molecule has 0 aliphatic carbocycles. The van der Waals surface area contributed by atoms with Crippen LogP contribution in [-0.2, 0) is 6.18 Å². The topological polar surface area (TPSA) is 95.5 Å². The minimum absolute atomic E-state index is 0.0233. The molecule has 2 aromatic heterocycles. The second kappa shape index (κ2) is 7.39. The van der Waals surface area contributed by atoms with Crippen LogP contribution in [0.1, 0.15) is 12.0 Å². The molecular formula is C17H14ClF3N6O2. The number of rotatable bonds is 2. The molecule has 0 saturated heterocycles. The summed E-state index contributed by atoms with van der Waals surface area (Å²) in [7, 11) is 0. The fourth-order valence-corrected chi connectivity index (χ4v) is 3.37. The van der Waals surface area contributed by atoms with Gasteiger partial charge in [-0.05, 0) is 12.5 Å². The van der Waals surface area contributed by atoms with Gasteiger partial charge in [-0.1, -0.05) is 11.6 Å². The molecule has 0 saturated carbocycles. The summed E-state index contributed by atoms with van der Waals surface area (Å²) in [5, 5.41) is 9.15. The fourth-order valence-electron chi connectivity index (χ4n) is 3.16. The van der Waals surface area contributed by atoms with Crippen LogP contribution in [0.3, 0.4) is 0 Å². The van der Waals surface area contributed by atoms with Gasteiger partial charge in [0.25, 0.3) is 5.56 Å². The van der Waals surface area contributed by atoms with Crippen LogP contribution < -0.4 is 20.5 Å². The van der Waals surface area contributed by atoms with Crippen LogP contribution in [0.25, 0.3) is 0 Å². The SMILES string of the molecule is O=c1[nH]ncc(N2CCC3=C(C2)NCN=C3Oc2cnccc2C(F)(F)F)c1Cl. The molecule has 2 aromatic rings. The van der Waals surface area contributed by atoms with Gasteiger partial charge < -0.3 is 15.0 Å². The van der Waals surface area contributed by atoms with Crippen LogP contribution in [0.15, 0.2) is 45.7 Å². The lowest BCUT2D eigenvalue weighted by Crippen LogP contribution is -2.42. The summed E-state index contributed by atoms with van der Waals surface area (Å²) in [6.45, 7) is 0.944. The van der Waals surface area contributed by atoms with E-state index in [0.717, 1.165) is 24.2 Å². The Kier molecular flexibility index (Phi) is 4.91. The Balaban J connectivity index is 1.60. The molecule has 0 bridgehead atoms. The number of nitrogens with zero attached hydrogens (tertiary/aromatic N) is 4. The minimum Gasteiger partial charge on any atom is -0.437 e. The predicted molar refractivity (Wildman–Crippen MR) is 99.0 cm³/mol. The Hall–Kier alpha value is -3.08. The van der Waals surface area contributed by atoms with Crippen LogP contribution in [0.4, 0.5) is 18.9 Å². The van der Waals surface area contributed by atoms with Crippen LogP contribution in [0, 0.1) is 0 Å². The third-order valence-corrected chi connectivity index (χ3v) is 4.90. The molecule has 4 rings (SSSR count). The normalized spacial score (nSPS) is 16.8. The number of hydrogen-bond acceptors (Lipinski definition) is 7. The first kappa shape index (κ1) is 19.2. The summed E-state index contributed by atoms with van der Waals surface area (Å²) in [5.41, 5.74) is 0.450. The number of halogens is 4. The van der Waals surface area contributed by atoms with E-state index in [-0.39, 0.29) is 17.6 Å². The molecule has 29 heavy (non-hydrogen) atoms. The highest BCUT2D eigenvalue weighted by molar-refractivity contribution is 6.33. The molecule has 2 N–H and O–H groups in total. The Morgan fingerprint density at radius 2 is 2.10 bits per heavy atom. The van der Waals surface area contributed by atoms with E-state index < -0.39 is 23.0 Å². The standard InChI is InChI=1S/C17H14ClF3N6O2/c18-14-12(5-25-26-15(14)28)27-4-2-9-11(7-27)23-8-24-16(9)29-13-6-22-3-1-10(13)17(19,20)21/h1,3,5-6,23H,2,4,7-8H2,(H,26,28). The van der Waals surface area contributed by atoms with E-state index in [1.54, 1.807) is 0 Å². The first-order chi connectivity index (χ1) is 13.8. The van der Waals surface area contributed by atoms with Crippen molar-refractivity contribution in [3.05, 3.63) is 56.9 Å². The summed E-state index contributed by atoms with van der Waals surface area (Å²) in [5.74, 6) is -0.288. The van der Waals surface area contributed by atoms with Gasteiger partial charge in [0, 0.05) is 24.0 Å². The maximum atomic E-state index is 13.2. The fraction of sp³-hybridized carbons (Fsp3) is 0.294. The summed E-state index contributed by atoms with van der Waals surface area (Å²) < 4.78 is 45.2. The van der Waals surface area contributed by atoms with Gasteiger partial charge in [0.05, 0.1) is 24.6 Å². The summed E-state index contributed by atoms with van der Waals surface area (Å²) in [6, 6.07) is 0.858. The quantitative estimate of drug-likeness (QED) is 0.765. The maximum Gasteiger partial charge on any atom is 0.420 e. The zero-order valence-electron chi connectivity index (χ0n) is 14.8. The monoisotopic (exact) mass is 426 g/mol. The molecule has 0 unspecified atom stereocenters. The van der Waals surface area contributed by atoms with Crippen molar-refractivity contribution in [2.24, 2.45) is 4.99 Å². The summed E-state index contributed by atoms with van der Waals surface area (Å²) in [6.07, 6.45) is -0.621. The number of hydrogen-bond donors (Lipinski definition) is 2. The number of alkyl halides is 3. The molecule has 2 aliphatic heterocycles. The van der Waals surface area contributed by atoms with Crippen molar-refractivity contribution in [3.63, 3.8) is 0 Å². The average Bonchev–Trinajstić information content (AvgIpc) is 2.69. The van der Waals surface area contributed by atoms with Crippen molar-refractivity contribution in [1.82, 2.24) is 20.5 Å². The minimum atomic E-state index is -4.57. The highest BCUT2D eigenvalue weighted by Crippen LogP contribution is 2.36. The molecule has 8 nitrogen and oxygen atoms in total. The Morgan fingerprint density at radius 1 is 1.28 bits per heavy atom. The Labute approximate surface area is 167 Å². The van der Waals surface area contributed by atoms with E-state index in [1.807, 2.05) is 4.90 Å². The molecule has 0 fully saturated rings. The number of H-pyrrole nitrogens is 1. The van der Waals surface area contributed by atoms with Gasteiger partial charge in [-0.25, -0.2) is 10.1 Å². The molecule has 0 amide bonds. The van der Waals surface area contributed by atoms with Crippen LogP contribution in [-0.4, -0.2) is 40.8 Å². The van der Waals surface area contributed by atoms with Crippen LogP contribution in [0.5, 0.6) is 5.75 Å². The highest BCUT2D eigenvalue weighted by Gasteiger charge is 2.36. The molecule has 0 atom stereocenters. The van der Waals surface area contributed by atoms with Crippen LogP contribution in [0.2, 0.25) is 5.02 Å². The van der Waals surface area contributed by atoms with E-state index in [9.17, 15) is 18.0 Å². The molecular weight excluding hydrogens is 413 g/mol. The number of nitrogens with one attached hydrogen (secondary N) is 2. The lowest BCUT2D eigenvalue weighted by molar-refractivity contribution is -0.138. The van der Waals surface area contributed by atoms with Gasteiger partial charge in [-0.15, -0.1) is 0 Å². The van der Waals surface area contributed by atoms with E-state index >= 15 is 0 Å².